The molecule has 1 aromatic heterocycles. The van der Waals surface area contributed by atoms with E-state index in [0.29, 0.717) is 5.88 Å². The highest BCUT2D eigenvalue weighted by Gasteiger charge is 2.14. The number of benzene rings is 1. The molecule has 1 atom stereocenters. The summed E-state index contributed by atoms with van der Waals surface area (Å²) in [5.74, 6) is 1.16. The molecule has 1 aromatic carbocycles. The van der Waals surface area contributed by atoms with Gasteiger partial charge in [0.25, 0.3) is 0 Å². The van der Waals surface area contributed by atoms with Gasteiger partial charge in [-0.15, -0.1) is 0 Å². The van der Waals surface area contributed by atoms with Crippen LogP contribution in [-0.2, 0) is 0 Å². The zero-order valence-electron chi connectivity index (χ0n) is 12.7. The van der Waals surface area contributed by atoms with E-state index in [1.54, 1.807) is 12.4 Å². The fourth-order valence-electron chi connectivity index (χ4n) is 2.00. The first-order chi connectivity index (χ1) is 10.1. The van der Waals surface area contributed by atoms with Crippen molar-refractivity contribution in [1.29, 1.82) is 0 Å². The third-order valence-electron chi connectivity index (χ3n) is 3.44. The molecule has 1 heterocycles. The average Bonchev–Trinajstić information content (AvgIpc) is 2.52. The third-order valence-corrected chi connectivity index (χ3v) is 3.44. The van der Waals surface area contributed by atoms with Gasteiger partial charge >= 0.3 is 0 Å². The Labute approximate surface area is 125 Å². The first kappa shape index (κ1) is 15.3. The van der Waals surface area contributed by atoms with Crippen molar-refractivity contribution in [3.8, 4) is 5.88 Å². The van der Waals surface area contributed by atoms with Gasteiger partial charge in [-0.05, 0) is 19.4 Å². The maximum atomic E-state index is 8.78. The summed E-state index contributed by atoms with van der Waals surface area (Å²) in [5, 5.41) is 8.78. The molecular weight excluding hydrogens is 266 g/mol. The van der Waals surface area contributed by atoms with E-state index in [4.69, 9.17) is 9.84 Å². The fourth-order valence-corrected chi connectivity index (χ4v) is 2.00. The van der Waals surface area contributed by atoms with E-state index >= 15 is 0 Å². The van der Waals surface area contributed by atoms with E-state index in [2.05, 4.69) is 48.1 Å². The molecule has 0 saturated heterocycles. The van der Waals surface area contributed by atoms with E-state index < -0.39 is 0 Å². The van der Waals surface area contributed by atoms with Gasteiger partial charge < -0.3 is 14.7 Å². The summed E-state index contributed by atoms with van der Waals surface area (Å²) in [7, 11) is 1.98. The van der Waals surface area contributed by atoms with Crippen LogP contribution in [-0.4, -0.2) is 35.3 Å². The molecule has 2 rings (SSSR count). The molecule has 0 aliphatic rings. The number of anilines is 1. The number of nitrogens with zero attached hydrogens (tertiary/aromatic N) is 3. The molecule has 5 heteroatoms. The molecule has 0 bridgehead atoms. The SMILES string of the molecule is Cc1ccc(C(C)N(C)c2cncc(OCCO)n2)cc1. The highest BCUT2D eigenvalue weighted by atomic mass is 16.5. The van der Waals surface area contributed by atoms with Crippen LogP contribution >= 0.6 is 0 Å². The zero-order valence-corrected chi connectivity index (χ0v) is 12.7. The van der Waals surface area contributed by atoms with Gasteiger partial charge in [0.1, 0.15) is 6.61 Å². The lowest BCUT2D eigenvalue weighted by molar-refractivity contribution is 0.196. The second-order valence-electron chi connectivity index (χ2n) is 4.99. The molecule has 0 fully saturated rings. The van der Waals surface area contributed by atoms with Crippen molar-refractivity contribution < 1.29 is 9.84 Å². The third kappa shape index (κ3) is 3.92. The van der Waals surface area contributed by atoms with E-state index in [9.17, 15) is 0 Å². The number of ether oxygens (including phenoxy) is 1. The minimum absolute atomic E-state index is 0.0402. The fraction of sp³-hybridized carbons (Fsp3) is 0.375. The molecule has 5 nitrogen and oxygen atoms in total. The van der Waals surface area contributed by atoms with E-state index in [-0.39, 0.29) is 19.3 Å². The van der Waals surface area contributed by atoms with Gasteiger partial charge in [0.2, 0.25) is 5.88 Å². The minimum atomic E-state index is -0.0402. The van der Waals surface area contributed by atoms with Crippen molar-refractivity contribution in [2.24, 2.45) is 0 Å². The molecule has 1 unspecified atom stereocenters. The molecule has 0 spiro atoms. The van der Waals surface area contributed by atoms with E-state index in [0.717, 1.165) is 5.82 Å². The Bertz CT molecular complexity index is 572. The Hall–Kier alpha value is -2.14. The lowest BCUT2D eigenvalue weighted by Crippen LogP contribution is -2.23. The van der Waals surface area contributed by atoms with Gasteiger partial charge in [0.05, 0.1) is 25.0 Å². The van der Waals surface area contributed by atoms with Gasteiger partial charge in [-0.3, -0.25) is 4.98 Å². The molecular formula is C16H21N3O2. The number of aliphatic hydroxyl groups is 1. The maximum Gasteiger partial charge on any atom is 0.234 e. The van der Waals surface area contributed by atoms with Crippen molar-refractivity contribution in [2.45, 2.75) is 19.9 Å². The van der Waals surface area contributed by atoms with Crippen LogP contribution in [0.15, 0.2) is 36.7 Å². The van der Waals surface area contributed by atoms with Crippen molar-refractivity contribution >= 4 is 5.82 Å². The molecule has 1 N–H and O–H groups in total. The van der Waals surface area contributed by atoms with Crippen LogP contribution in [0.3, 0.4) is 0 Å². The number of hydrogen-bond donors (Lipinski definition) is 1. The van der Waals surface area contributed by atoms with E-state index in [1.807, 2.05) is 11.9 Å². The second-order valence-corrected chi connectivity index (χ2v) is 4.99. The predicted octanol–water partition coefficient (Wildman–Crippen LogP) is 2.35. The molecule has 0 saturated carbocycles. The van der Waals surface area contributed by atoms with Crippen LogP contribution in [0, 0.1) is 6.92 Å². The van der Waals surface area contributed by atoms with Gasteiger partial charge in [-0.2, -0.15) is 4.98 Å². The highest BCUT2D eigenvalue weighted by molar-refractivity contribution is 5.40. The Morgan fingerprint density at radius 2 is 1.95 bits per heavy atom. The first-order valence-electron chi connectivity index (χ1n) is 6.97. The Kier molecular flexibility index (Phi) is 5.11. The smallest absolute Gasteiger partial charge is 0.234 e. The minimum Gasteiger partial charge on any atom is -0.474 e. The number of rotatable bonds is 6. The summed E-state index contributed by atoms with van der Waals surface area (Å²) < 4.78 is 5.30. The van der Waals surface area contributed by atoms with Crippen LogP contribution < -0.4 is 9.64 Å². The van der Waals surface area contributed by atoms with Crippen molar-refractivity contribution in [2.75, 3.05) is 25.2 Å². The monoisotopic (exact) mass is 287 g/mol. The maximum absolute atomic E-state index is 8.78. The van der Waals surface area contributed by atoms with Crippen molar-refractivity contribution in [3.63, 3.8) is 0 Å². The number of aryl methyl sites for hydroxylation is 1. The summed E-state index contributed by atoms with van der Waals surface area (Å²) in [4.78, 5) is 10.6. The molecule has 0 amide bonds. The largest absolute Gasteiger partial charge is 0.474 e. The van der Waals surface area contributed by atoms with Crippen molar-refractivity contribution in [3.05, 3.63) is 47.8 Å². The topological polar surface area (TPSA) is 58.5 Å². The number of hydrogen-bond acceptors (Lipinski definition) is 5. The average molecular weight is 287 g/mol. The van der Waals surface area contributed by atoms with E-state index in [1.165, 1.54) is 11.1 Å². The molecule has 0 aliphatic heterocycles. The summed E-state index contributed by atoms with van der Waals surface area (Å²) >= 11 is 0. The summed E-state index contributed by atoms with van der Waals surface area (Å²) in [6.45, 7) is 4.37. The van der Waals surface area contributed by atoms with Gasteiger partial charge in [0.15, 0.2) is 5.82 Å². The Morgan fingerprint density at radius 1 is 1.24 bits per heavy atom. The molecule has 0 aliphatic carbocycles. The molecule has 0 radical (unpaired) electrons. The van der Waals surface area contributed by atoms with Gasteiger partial charge in [-0.25, -0.2) is 0 Å². The lowest BCUT2D eigenvalue weighted by Gasteiger charge is -2.26. The predicted molar refractivity (Wildman–Crippen MR) is 82.6 cm³/mol. The molecule has 112 valence electrons. The van der Waals surface area contributed by atoms with Crippen LogP contribution in [0.25, 0.3) is 0 Å². The zero-order chi connectivity index (χ0) is 15.2. The summed E-state index contributed by atoms with van der Waals surface area (Å²) in [5.41, 5.74) is 2.46. The summed E-state index contributed by atoms with van der Waals surface area (Å²) in [6, 6.07) is 8.62. The Morgan fingerprint density at radius 3 is 2.62 bits per heavy atom. The number of aromatic nitrogens is 2. The van der Waals surface area contributed by atoms with Gasteiger partial charge in [0, 0.05) is 7.05 Å². The normalized spacial score (nSPS) is 12.0. The summed E-state index contributed by atoms with van der Waals surface area (Å²) in [6.07, 6.45) is 3.25. The van der Waals surface area contributed by atoms with Crippen LogP contribution in [0.1, 0.15) is 24.1 Å². The number of aliphatic hydroxyl groups excluding tert-OH is 1. The lowest BCUT2D eigenvalue weighted by atomic mass is 10.1. The quantitative estimate of drug-likeness (QED) is 0.884. The molecule has 21 heavy (non-hydrogen) atoms. The standard InChI is InChI=1S/C16H21N3O2/c1-12-4-6-14(7-5-12)13(2)19(3)15-10-17-11-16(18-15)21-9-8-20/h4-7,10-11,13,20H,8-9H2,1-3H3. The van der Waals surface area contributed by atoms with Crippen LogP contribution in [0.2, 0.25) is 0 Å². The molecule has 2 aromatic rings. The van der Waals surface area contributed by atoms with Gasteiger partial charge in [-0.1, -0.05) is 29.8 Å². The van der Waals surface area contributed by atoms with Crippen LogP contribution in [0.5, 0.6) is 5.88 Å². The highest BCUT2D eigenvalue weighted by Crippen LogP contribution is 2.24. The first-order valence-corrected chi connectivity index (χ1v) is 6.97. The second kappa shape index (κ2) is 7.04. The van der Waals surface area contributed by atoms with Crippen molar-refractivity contribution in [1.82, 2.24) is 9.97 Å². The Balaban J connectivity index is 2.14. The van der Waals surface area contributed by atoms with Crippen LogP contribution in [0.4, 0.5) is 5.82 Å².